The van der Waals surface area contributed by atoms with Crippen LogP contribution in [-0.4, -0.2) is 90.2 Å². The number of urea groups is 1. The van der Waals surface area contributed by atoms with E-state index < -0.39 is 79.6 Å². The van der Waals surface area contributed by atoms with Gasteiger partial charge in [0.15, 0.2) is 0 Å². The van der Waals surface area contributed by atoms with Crippen LogP contribution < -0.4 is 30.1 Å². The van der Waals surface area contributed by atoms with Crippen molar-refractivity contribution in [3.8, 4) is 11.6 Å². The van der Waals surface area contributed by atoms with Crippen LogP contribution in [0.25, 0.3) is 10.8 Å². The van der Waals surface area contributed by atoms with Crippen LogP contribution in [0.5, 0.6) is 11.6 Å². The molecule has 1 aromatic carbocycles. The van der Waals surface area contributed by atoms with Gasteiger partial charge >= 0.3 is 6.03 Å². The second-order valence-corrected chi connectivity index (χ2v) is 19.8. The van der Waals surface area contributed by atoms with Gasteiger partial charge in [-0.15, -0.1) is 6.58 Å². The van der Waals surface area contributed by atoms with E-state index in [1.807, 2.05) is 52.8 Å². The van der Waals surface area contributed by atoms with E-state index in [9.17, 15) is 27.6 Å². The summed E-state index contributed by atoms with van der Waals surface area (Å²) in [6.45, 7) is 19.3. The van der Waals surface area contributed by atoms with Gasteiger partial charge in [0.1, 0.15) is 29.5 Å². The molecule has 2 aromatic rings. The van der Waals surface area contributed by atoms with Gasteiger partial charge in [-0.25, -0.2) is 18.2 Å². The number of nitrogens with one attached hydrogen (secondary N) is 4. The lowest BCUT2D eigenvalue weighted by molar-refractivity contribution is -0.142. The Bertz CT molecular complexity index is 1920. The molecule has 1 saturated heterocycles. The van der Waals surface area contributed by atoms with E-state index in [-0.39, 0.29) is 24.8 Å². The standard InChI is InChI=1S/C39H56N6O8S/c1-11-24-20-39(24,34(48)44-54(50,51)27-13-14-27)42-31(46)29-19-26(53-32-28-15-12-25(52-10)18-23(28)16-17-40-32)21-45(29)33(47)30(37(5,6)7)41-35(49)43-38(8,9)22-36(2,3)4/h11-12,15-18,24,26-27,29-30H,1,13-14,19-22H2,2-10H3,(H,42,46)(H,44,48)(H2,41,43,49)/t24-,26-,29+,30-,39-/m1/s1. The largest absolute Gasteiger partial charge is 0.497 e. The van der Waals surface area contributed by atoms with Gasteiger partial charge in [0.2, 0.25) is 27.7 Å². The Morgan fingerprint density at radius 1 is 1.07 bits per heavy atom. The first-order valence-corrected chi connectivity index (χ1v) is 20.0. The van der Waals surface area contributed by atoms with Gasteiger partial charge in [0, 0.05) is 29.5 Å². The average molecular weight is 769 g/mol. The van der Waals surface area contributed by atoms with E-state index in [4.69, 9.17) is 9.47 Å². The van der Waals surface area contributed by atoms with Crippen molar-refractivity contribution in [2.24, 2.45) is 16.7 Å². The molecule has 2 aliphatic carbocycles. The van der Waals surface area contributed by atoms with Crippen molar-refractivity contribution in [1.82, 2.24) is 30.6 Å². The van der Waals surface area contributed by atoms with Crippen LogP contribution in [0.3, 0.4) is 0 Å². The highest BCUT2D eigenvalue weighted by atomic mass is 32.2. The molecule has 0 unspecified atom stereocenters. The molecule has 14 nitrogen and oxygen atoms in total. The molecule has 0 bridgehead atoms. The zero-order valence-electron chi connectivity index (χ0n) is 32.9. The third-order valence-corrected chi connectivity index (χ3v) is 11.9. The number of ether oxygens (including phenoxy) is 2. The van der Waals surface area contributed by atoms with Crippen molar-refractivity contribution < 1.29 is 37.1 Å². The Labute approximate surface area is 318 Å². The predicted octanol–water partition coefficient (Wildman–Crippen LogP) is 4.19. The first-order chi connectivity index (χ1) is 25.0. The highest BCUT2D eigenvalue weighted by molar-refractivity contribution is 7.91. The fraction of sp³-hybridized carbons (Fsp3) is 0.615. The quantitative estimate of drug-likeness (QED) is 0.217. The van der Waals surface area contributed by atoms with Gasteiger partial charge in [-0.1, -0.05) is 47.6 Å². The van der Waals surface area contributed by atoms with Crippen LogP contribution in [0.4, 0.5) is 4.79 Å². The minimum absolute atomic E-state index is 0.0311. The zero-order chi connectivity index (χ0) is 40.0. The summed E-state index contributed by atoms with van der Waals surface area (Å²) in [6.07, 6.45) is 4.17. The summed E-state index contributed by atoms with van der Waals surface area (Å²) in [5, 5.41) is 9.58. The normalized spacial score (nSPS) is 23.6. The molecule has 1 aromatic heterocycles. The monoisotopic (exact) mass is 768 g/mol. The molecule has 4 N–H and O–H groups in total. The third-order valence-electron chi connectivity index (χ3n) is 10.1. The van der Waals surface area contributed by atoms with Crippen LogP contribution in [0.15, 0.2) is 43.1 Å². The molecule has 15 heteroatoms. The van der Waals surface area contributed by atoms with E-state index in [1.54, 1.807) is 19.4 Å². The second kappa shape index (κ2) is 14.7. The van der Waals surface area contributed by atoms with Gasteiger partial charge < -0.3 is 30.3 Å². The van der Waals surface area contributed by atoms with Gasteiger partial charge in [0.25, 0.3) is 5.91 Å². The number of carbonyl (C=O) groups is 4. The summed E-state index contributed by atoms with van der Waals surface area (Å²) in [7, 11) is -2.33. The smallest absolute Gasteiger partial charge is 0.315 e. The number of pyridine rings is 1. The lowest BCUT2D eigenvalue weighted by Crippen LogP contribution is -2.62. The number of methoxy groups -OCH3 is 1. The number of likely N-dealkylation sites (tertiary alicyclic amines) is 1. The van der Waals surface area contributed by atoms with Crippen LogP contribution in [0.2, 0.25) is 0 Å². The van der Waals surface area contributed by atoms with Gasteiger partial charge in [-0.2, -0.15) is 0 Å². The topological polar surface area (TPSA) is 185 Å². The minimum atomic E-state index is -3.90. The third kappa shape index (κ3) is 9.27. The van der Waals surface area contributed by atoms with Crippen molar-refractivity contribution in [1.29, 1.82) is 0 Å². The number of nitrogens with zero attached hydrogens (tertiary/aromatic N) is 2. The van der Waals surface area contributed by atoms with E-state index in [0.29, 0.717) is 36.3 Å². The number of hydrogen-bond acceptors (Lipinski definition) is 9. The molecule has 3 aliphatic rings. The van der Waals surface area contributed by atoms with Crippen molar-refractivity contribution in [3.05, 3.63) is 43.1 Å². The van der Waals surface area contributed by atoms with Gasteiger partial charge in [-0.05, 0) is 80.0 Å². The molecular weight excluding hydrogens is 713 g/mol. The maximum absolute atomic E-state index is 14.7. The van der Waals surface area contributed by atoms with Crippen LogP contribution in [-0.2, 0) is 24.4 Å². The summed E-state index contributed by atoms with van der Waals surface area (Å²) in [5.74, 6) is -1.57. The van der Waals surface area contributed by atoms with Gasteiger partial charge in [0.05, 0.1) is 18.9 Å². The maximum atomic E-state index is 14.7. The molecule has 296 valence electrons. The minimum Gasteiger partial charge on any atom is -0.497 e. The summed E-state index contributed by atoms with van der Waals surface area (Å²) >= 11 is 0. The van der Waals surface area contributed by atoms with E-state index in [2.05, 4.69) is 53.0 Å². The molecule has 2 saturated carbocycles. The molecule has 0 radical (unpaired) electrons. The van der Waals surface area contributed by atoms with E-state index in [1.165, 1.54) is 11.0 Å². The Morgan fingerprint density at radius 3 is 2.33 bits per heavy atom. The molecular formula is C39H56N6O8S. The summed E-state index contributed by atoms with van der Waals surface area (Å²) < 4.78 is 39.4. The number of benzene rings is 1. The van der Waals surface area contributed by atoms with Crippen molar-refractivity contribution in [2.45, 2.75) is 122 Å². The Balaban J connectivity index is 1.44. The fourth-order valence-electron chi connectivity index (χ4n) is 7.56. The maximum Gasteiger partial charge on any atom is 0.315 e. The van der Waals surface area contributed by atoms with Crippen molar-refractivity contribution in [3.63, 3.8) is 0 Å². The molecule has 5 atom stereocenters. The second-order valence-electron chi connectivity index (χ2n) is 17.9. The number of rotatable bonds is 13. The van der Waals surface area contributed by atoms with Crippen LogP contribution >= 0.6 is 0 Å². The molecule has 1 aliphatic heterocycles. The number of aromatic nitrogens is 1. The van der Waals surface area contributed by atoms with Crippen LogP contribution in [0, 0.1) is 16.7 Å². The summed E-state index contributed by atoms with van der Waals surface area (Å²) in [6, 6.07) is 4.53. The number of sulfonamides is 1. The molecule has 0 spiro atoms. The molecule has 2 heterocycles. The number of hydrogen-bond donors (Lipinski definition) is 4. The fourth-order valence-corrected chi connectivity index (χ4v) is 8.92. The highest BCUT2D eigenvalue weighted by Crippen LogP contribution is 2.45. The van der Waals surface area contributed by atoms with Crippen molar-refractivity contribution >= 4 is 44.5 Å². The summed E-state index contributed by atoms with van der Waals surface area (Å²) in [4.78, 5) is 61.9. The lowest BCUT2D eigenvalue weighted by Gasteiger charge is -2.37. The molecule has 5 amide bonds. The molecule has 3 fully saturated rings. The Hall–Kier alpha value is -4.40. The lowest BCUT2D eigenvalue weighted by atomic mass is 9.82. The van der Waals surface area contributed by atoms with Crippen molar-refractivity contribution in [2.75, 3.05) is 13.7 Å². The Kier molecular flexibility index (Phi) is 11.1. The van der Waals surface area contributed by atoms with Gasteiger partial charge in [-0.3, -0.25) is 19.1 Å². The predicted molar refractivity (Wildman–Crippen MR) is 205 cm³/mol. The first-order valence-electron chi connectivity index (χ1n) is 18.5. The highest BCUT2D eigenvalue weighted by Gasteiger charge is 2.62. The SMILES string of the molecule is C=C[C@@H]1C[C@]1(NC(=O)[C@@H]1C[C@@H](Oc2nccc3cc(OC)ccc23)CN1C(=O)[C@@H](NC(=O)NC(C)(C)CC(C)(C)C)C(C)(C)C)C(=O)NS(=O)(=O)C1CC1. The summed E-state index contributed by atoms with van der Waals surface area (Å²) in [5.41, 5.74) is -3.01. The zero-order valence-corrected chi connectivity index (χ0v) is 33.7. The molecule has 5 rings (SSSR count). The molecule has 54 heavy (non-hydrogen) atoms. The van der Waals surface area contributed by atoms with E-state index in [0.717, 1.165) is 5.39 Å². The van der Waals surface area contributed by atoms with E-state index >= 15 is 0 Å². The first kappa shape index (κ1) is 40.8. The number of fused-ring (bicyclic) bond motifs is 1. The average Bonchev–Trinajstić information content (AvgIpc) is 3.98. The van der Waals surface area contributed by atoms with Crippen LogP contribution in [0.1, 0.15) is 87.5 Å². The number of amides is 5. The Morgan fingerprint density at radius 2 is 1.76 bits per heavy atom. The number of carbonyl (C=O) groups excluding carboxylic acids is 4.